The third kappa shape index (κ3) is 41.5. The van der Waals surface area contributed by atoms with E-state index in [9.17, 15) is 51.5 Å². The van der Waals surface area contributed by atoms with Crippen molar-refractivity contribution in [3.63, 3.8) is 0 Å². The minimum absolute atomic E-state index is 0. The molecule has 0 radical (unpaired) electrons. The van der Waals surface area contributed by atoms with Crippen LogP contribution >= 0.6 is 128 Å². The molecule has 0 aliphatic carbocycles. The van der Waals surface area contributed by atoms with Gasteiger partial charge in [-0.1, -0.05) is 93.9 Å². The highest BCUT2D eigenvalue weighted by Gasteiger charge is 2.50. The third-order valence-corrected chi connectivity index (χ3v) is 23.2. The largest absolute Gasteiger partial charge is 1.00 e. The number of carbonyl (C=O) groups is 8. The second-order valence-electron chi connectivity index (χ2n) is 36.6. The number of allylic oxidation sites excluding steroid dienone is 1. The van der Waals surface area contributed by atoms with Crippen LogP contribution in [-0.2, 0) is 63.8 Å². The molecule has 0 atom stereocenters. The maximum atomic E-state index is 12.3. The molecule has 5 aromatic rings. The summed E-state index contributed by atoms with van der Waals surface area (Å²) in [4.78, 5) is 106. The predicted octanol–water partition coefficient (Wildman–Crippen LogP) is 21.9. The number of nitrogen functional groups attached to an aromatic ring is 1. The van der Waals surface area contributed by atoms with Gasteiger partial charge in [0, 0.05) is 183 Å². The number of Topliss-reactive ketones (excluding diaryl/α,β-unsaturated/α-hetero) is 1. The number of hydrazine groups is 1. The van der Waals surface area contributed by atoms with Crippen molar-refractivity contribution >= 4 is 205 Å². The number of methoxy groups -OCH3 is 1. The molecule has 750 valence electrons. The lowest BCUT2D eigenvalue weighted by Gasteiger charge is -2.40. The first-order valence-corrected chi connectivity index (χ1v) is 47.5. The number of ketones is 1. The van der Waals surface area contributed by atoms with Gasteiger partial charge in [0.15, 0.2) is 0 Å². The van der Waals surface area contributed by atoms with Crippen LogP contribution in [0.5, 0.6) is 0 Å². The summed E-state index contributed by atoms with van der Waals surface area (Å²) in [6.45, 7) is 42.8. The van der Waals surface area contributed by atoms with Gasteiger partial charge in [-0.3, -0.25) is 25.1 Å². The van der Waals surface area contributed by atoms with E-state index < -0.39 is 38.5 Å². The fourth-order valence-electron chi connectivity index (χ4n) is 15.1. The molecule has 5 fully saturated rings. The molecule has 0 bridgehead atoms. The molecule has 6 amide bonds. The van der Waals surface area contributed by atoms with E-state index in [4.69, 9.17) is 141 Å². The number of benzene rings is 5. The molecule has 24 nitrogen and oxygen atoms in total. The van der Waals surface area contributed by atoms with E-state index >= 15 is 0 Å². The predicted molar refractivity (Wildman–Crippen MR) is 535 cm³/mol. The van der Waals surface area contributed by atoms with Crippen molar-refractivity contribution in [2.45, 2.75) is 236 Å². The summed E-state index contributed by atoms with van der Waals surface area (Å²) >= 11 is 54.5. The van der Waals surface area contributed by atoms with Gasteiger partial charge in [-0.05, 0) is 316 Å². The molecule has 39 heteroatoms. The monoisotopic (exact) mass is 2110 g/mol. The summed E-state index contributed by atoms with van der Waals surface area (Å²) in [5.74, 6) is 2.93. The number of carbonyl (C=O) groups excluding carboxylic acids is 8. The smallest absolute Gasteiger partial charge is 0.491 e. The van der Waals surface area contributed by atoms with Gasteiger partial charge < -0.3 is 81.0 Å². The molecule has 5 aromatic carbocycles. The van der Waals surface area contributed by atoms with Gasteiger partial charge in [0.05, 0.1) is 0 Å². The first-order chi connectivity index (χ1) is 61.3. The Hall–Kier alpha value is -6.51. The highest BCUT2D eigenvalue weighted by molar-refractivity contribution is 6.66. The fraction of sp³-hybridized carbons (Fsp3) is 0.558. The number of rotatable bonds is 5. The summed E-state index contributed by atoms with van der Waals surface area (Å²) in [7, 11) is 1.68. The van der Waals surface area contributed by atoms with E-state index in [-0.39, 0.29) is 87.9 Å². The Kier molecular flexibility index (Phi) is 49.8. The van der Waals surface area contributed by atoms with Crippen LogP contribution in [0.25, 0.3) is 6.08 Å². The highest BCUT2D eigenvalue weighted by atomic mass is 35.6. The number of halogens is 15. The molecule has 0 aromatic heterocycles. The van der Waals surface area contributed by atoms with Gasteiger partial charge in [-0.25, -0.2) is 24.0 Å². The average Bonchev–Trinajstić information content (AvgIpc) is 1.59. The van der Waals surface area contributed by atoms with Crippen LogP contribution in [0, 0.1) is 0 Å². The lowest BCUT2D eigenvalue weighted by molar-refractivity contribution is -0.200. The number of hydrogen-bond acceptors (Lipinski definition) is 18. The van der Waals surface area contributed by atoms with Crippen molar-refractivity contribution in [2.24, 2.45) is 5.84 Å². The van der Waals surface area contributed by atoms with Crippen molar-refractivity contribution in [3.8, 4) is 0 Å². The second-order valence-corrected chi connectivity index (χ2v) is 42.5. The number of alkyl halides is 8. The molecule has 5 saturated heterocycles. The normalized spacial score (nSPS) is 16.8. The number of fused-ring (bicyclic) bond motifs is 6. The highest BCUT2D eigenvalue weighted by Crippen LogP contribution is 2.51. The molecule has 0 unspecified atom stereocenters. The molecule has 13 rings (SSSR count). The molecular weight excluding hydrogens is 1990 g/mol. The van der Waals surface area contributed by atoms with Crippen molar-refractivity contribution in [1.82, 2.24) is 24.5 Å². The zero-order valence-electron chi connectivity index (χ0n) is 79.4. The van der Waals surface area contributed by atoms with Crippen molar-refractivity contribution in [3.05, 3.63) is 168 Å². The van der Waals surface area contributed by atoms with E-state index in [1.807, 2.05) is 184 Å². The Morgan fingerprint density at radius 3 is 1.16 bits per heavy atom. The Labute approximate surface area is 851 Å². The number of likely N-dealkylation sites (tertiary alicyclic amines) is 5. The molecule has 134 heavy (non-hydrogen) atoms. The number of hydrogen-bond donors (Lipinski definition) is 3. The van der Waals surface area contributed by atoms with Gasteiger partial charge in [-0.15, -0.1) is 35.6 Å². The number of nitrogens with zero attached hydrogens (tertiary/aromatic N) is 7. The van der Waals surface area contributed by atoms with Crippen LogP contribution in [0.3, 0.4) is 0 Å². The van der Waals surface area contributed by atoms with Crippen LogP contribution in [0.1, 0.15) is 204 Å². The molecule has 4 N–H and O–H groups in total. The quantitative estimate of drug-likeness (QED) is 0.0369. The van der Waals surface area contributed by atoms with Crippen molar-refractivity contribution < 1.29 is 92.4 Å². The SMILES string of the molecule is CC(=O)N1CC2(CCN(C(=O)OC(C)(C)C)CC2)c2cc(Cl)ccc21.CC(=O)N1CC2(CCN(C/C=C/c3ccc(Cl)cc3)CC2)c2cc(Cl)ccc21.CC(C)(C)OC(=O)N1CCC(=O)CC1.CC(C)(C)OC(=O)N1CCC2(CC1)CNc1ccc(Cl)cc12.CC(Cl)Cl.CC=C1CCN(C(=O)OC(C)(C)C)CC1.CCOC.Cl.NNc1ccc(Cl)cc1.O=C(OC(Cl)(Cl)Cl)C(F)(F)F.[Cl-]. The summed E-state index contributed by atoms with van der Waals surface area (Å²) in [5, 5.41) is 7.15. The number of nitrogens with one attached hydrogen (secondary N) is 2. The Morgan fingerprint density at radius 2 is 0.836 bits per heavy atom. The number of piperidine rings is 5. The maximum Gasteiger partial charge on any atom is 0.491 e. The van der Waals surface area contributed by atoms with Crippen LogP contribution < -0.4 is 38.8 Å². The molecule has 8 heterocycles. The third-order valence-electron chi connectivity index (χ3n) is 21.8. The number of ether oxygens (including phenoxy) is 6. The van der Waals surface area contributed by atoms with E-state index in [1.54, 1.807) is 54.7 Å². The number of anilines is 4. The average molecular weight is 2120 g/mol. The summed E-state index contributed by atoms with van der Waals surface area (Å²) in [5.41, 5.74) is 11.0. The lowest BCUT2D eigenvalue weighted by Crippen LogP contribution is -3.00. The zero-order chi connectivity index (χ0) is 99.3. The Morgan fingerprint density at radius 1 is 0.507 bits per heavy atom. The van der Waals surface area contributed by atoms with Crippen LogP contribution in [0.15, 0.2) is 121 Å². The second kappa shape index (κ2) is 54.9. The summed E-state index contributed by atoms with van der Waals surface area (Å²) in [6.07, 6.45) is 8.80. The first-order valence-electron chi connectivity index (χ1n) is 43.6. The van der Waals surface area contributed by atoms with Gasteiger partial charge in [0.25, 0.3) is 0 Å². The minimum atomic E-state index is -5.15. The van der Waals surface area contributed by atoms with E-state index in [2.05, 4.69) is 62.4 Å². The molecule has 8 aliphatic heterocycles. The molecular formula is C95H130Cl12F3N10O14-. The fourth-order valence-corrected chi connectivity index (χ4v) is 16.1. The molecule has 8 aliphatic rings. The topological polar surface area (TPSA) is 265 Å². The van der Waals surface area contributed by atoms with Crippen molar-refractivity contribution in [2.75, 3.05) is 126 Å². The number of nitrogens with two attached hydrogens (primary N) is 1. The van der Waals surface area contributed by atoms with Crippen LogP contribution in [0.2, 0.25) is 25.1 Å². The zero-order valence-corrected chi connectivity index (χ0v) is 88.6. The molecule has 0 saturated carbocycles. The van der Waals surface area contributed by atoms with Crippen LogP contribution in [0.4, 0.5) is 55.1 Å². The van der Waals surface area contributed by atoms with E-state index in [1.165, 1.54) is 22.4 Å². The van der Waals surface area contributed by atoms with E-state index in [0.717, 1.165) is 160 Å². The standard InChI is InChI=1S/C23H24Cl2N2O.C19H25ClN2O3.C17H23ClN2O2.C12H21NO2.C10H17NO3.C6H7ClN2.C3Cl3F3O2.C3H8O.C2H4Cl2.2ClH/c1-17(28)27-16-23(21-15-20(25)8-9-22(21)27)10-13-26(14-11-23)12-2-3-18-4-6-19(24)7-5-18;1-13(23)22-12-19(15-11-14(20)5-6-16(15)22)7-9-21(10-8-19)17(24)25-18(2,3)4;1-16(2,3)22-15(21)20-8-6-17(7-9-20)11-19-14-5-4-12(18)10-13(14)17;1-5-10-6-8-13(9-7-10)11(14)15-12(2,3)4;1-10(2,3)14-9(13)11-6-4-8(12)5-7-11;7-5-1-3-6(9-8)4-2-5;4-3(5,6)11-1(10)2(7,8)9;1-3-4-2;1-2(3)4;;/h2-9,15H,10-14,16H2,1H3;5-6,11H,7-10,12H2,1-4H3;4-5,10,19H,6-9,11H2,1-3H3;5H,6-9H2,1-4H3;4-7H2,1-3H3;1-4,9H,8H2;;3H2,1-2H3;2H,1H3;2*1H/p-1/b3-2+;;;;;;;;;;. The van der Waals surface area contributed by atoms with Gasteiger partial charge in [0.1, 0.15) is 33.0 Å². The Bertz CT molecular complexity index is 4650. The van der Waals surface area contributed by atoms with Crippen molar-refractivity contribution in [1.29, 1.82) is 0 Å². The lowest BCUT2D eigenvalue weighted by atomic mass is 9.74. The summed E-state index contributed by atoms with van der Waals surface area (Å²) in [6, 6.07) is 32.7. The first kappa shape index (κ1) is 122. The van der Waals surface area contributed by atoms with Gasteiger partial charge >= 0.3 is 40.5 Å². The minimum Gasteiger partial charge on any atom is -1.00 e. The van der Waals surface area contributed by atoms with Gasteiger partial charge in [0.2, 0.25) is 11.8 Å². The molecule has 3 spiro atoms. The number of amides is 6. The number of esters is 1. The van der Waals surface area contributed by atoms with Crippen LogP contribution in [-0.4, -0.2) is 215 Å². The van der Waals surface area contributed by atoms with E-state index in [0.29, 0.717) is 55.6 Å². The summed E-state index contributed by atoms with van der Waals surface area (Å²) < 4.78 is 60.6. The van der Waals surface area contributed by atoms with Gasteiger partial charge in [-0.2, -0.15) is 13.2 Å². The maximum absolute atomic E-state index is 12.3. The Balaban J connectivity index is 0.000000407.